The van der Waals surface area contributed by atoms with Crippen molar-refractivity contribution < 1.29 is 14.3 Å². The Morgan fingerprint density at radius 1 is 1.15 bits per heavy atom. The molecular formula is C30H32FN5O3S. The molecule has 5 rings (SSSR count). The van der Waals surface area contributed by atoms with Crippen LogP contribution in [0.4, 0.5) is 4.39 Å². The minimum atomic E-state index is -0.634. The summed E-state index contributed by atoms with van der Waals surface area (Å²) in [7, 11) is 0. The van der Waals surface area contributed by atoms with Gasteiger partial charge in [-0.15, -0.1) is 11.3 Å². The van der Waals surface area contributed by atoms with Crippen LogP contribution in [0.5, 0.6) is 5.88 Å². The second kappa shape index (κ2) is 11.3. The van der Waals surface area contributed by atoms with E-state index in [9.17, 15) is 19.1 Å². The summed E-state index contributed by atoms with van der Waals surface area (Å²) in [4.78, 5) is 42.9. The van der Waals surface area contributed by atoms with Crippen LogP contribution in [0.1, 0.15) is 78.1 Å². The number of rotatable bonds is 7. The van der Waals surface area contributed by atoms with Crippen LogP contribution in [0.15, 0.2) is 46.7 Å². The van der Waals surface area contributed by atoms with Crippen LogP contribution >= 0.6 is 11.3 Å². The number of benzene rings is 1. The quantitative estimate of drug-likeness (QED) is 0.321. The number of hydrogen-bond acceptors (Lipinski definition) is 7. The van der Waals surface area contributed by atoms with Gasteiger partial charge in [-0.25, -0.2) is 9.37 Å². The molecular weight excluding hydrogens is 529 g/mol. The normalized spacial score (nSPS) is 15.2. The number of para-hydroxylation sites is 1. The fourth-order valence-electron chi connectivity index (χ4n) is 5.21. The molecule has 0 radical (unpaired) electrons. The summed E-state index contributed by atoms with van der Waals surface area (Å²) in [6.07, 6.45) is 3.09. The third kappa shape index (κ3) is 5.03. The molecule has 3 aromatic heterocycles. The second-order valence-electron chi connectivity index (χ2n) is 10.3. The molecule has 8 nitrogen and oxygen atoms in total. The standard InChI is InChI=1S/C30H32FN5O3S/c1-5-18-8-7-9-19(6-2)25(18)36-26(23-16-40-28(33-23)17(3)4)34-27(37)24(30(36)39)29(38)35-13-12-20(15-35)22-11-10-21(31)14-32-22/h7-11,14,16-17,20,37H,5-6,12-13,15H2,1-4H3. The van der Waals surface area contributed by atoms with Crippen molar-refractivity contribution in [1.82, 2.24) is 24.4 Å². The SMILES string of the molecule is CCc1cccc(CC)c1-n1c(-c2csc(C(C)C)n2)nc(O)c(C(=O)N2CCC(c3ccc(F)cn3)C2)c1=O. The van der Waals surface area contributed by atoms with E-state index in [4.69, 9.17) is 4.98 Å². The van der Waals surface area contributed by atoms with Crippen LogP contribution in [0.3, 0.4) is 0 Å². The Bertz CT molecular complexity index is 1590. The zero-order chi connectivity index (χ0) is 28.6. The molecule has 10 heteroatoms. The topological polar surface area (TPSA) is 101 Å². The maximum atomic E-state index is 14.3. The van der Waals surface area contributed by atoms with Crippen LogP contribution in [0.25, 0.3) is 17.2 Å². The summed E-state index contributed by atoms with van der Waals surface area (Å²) in [5, 5.41) is 13.8. The van der Waals surface area contributed by atoms with Gasteiger partial charge in [-0.05, 0) is 42.5 Å². The molecule has 1 aliphatic rings. The average molecular weight is 562 g/mol. The number of aryl methyl sites for hydroxylation is 2. The van der Waals surface area contributed by atoms with Crippen LogP contribution in [0, 0.1) is 5.82 Å². The average Bonchev–Trinajstić information content (AvgIpc) is 3.64. The molecule has 1 saturated heterocycles. The van der Waals surface area contributed by atoms with Crippen molar-refractivity contribution in [2.24, 2.45) is 0 Å². The molecule has 208 valence electrons. The summed E-state index contributed by atoms with van der Waals surface area (Å²) >= 11 is 1.47. The molecule has 1 fully saturated rings. The Labute approximate surface area is 236 Å². The number of halogens is 1. The van der Waals surface area contributed by atoms with Gasteiger partial charge in [-0.2, -0.15) is 4.98 Å². The highest BCUT2D eigenvalue weighted by molar-refractivity contribution is 7.10. The van der Waals surface area contributed by atoms with Crippen LogP contribution in [0.2, 0.25) is 0 Å². The molecule has 1 aliphatic heterocycles. The molecule has 1 aromatic carbocycles. The fourth-order valence-corrected chi connectivity index (χ4v) is 6.02. The predicted octanol–water partition coefficient (Wildman–Crippen LogP) is 5.47. The highest BCUT2D eigenvalue weighted by Gasteiger charge is 2.34. The lowest BCUT2D eigenvalue weighted by Gasteiger charge is -2.21. The minimum absolute atomic E-state index is 0.0990. The maximum absolute atomic E-state index is 14.3. The number of aromatic nitrogens is 4. The van der Waals surface area contributed by atoms with Gasteiger partial charge in [0.05, 0.1) is 16.9 Å². The lowest BCUT2D eigenvalue weighted by atomic mass is 10.0. The Morgan fingerprint density at radius 2 is 1.88 bits per heavy atom. The van der Waals surface area contributed by atoms with Gasteiger partial charge in [-0.1, -0.05) is 45.9 Å². The van der Waals surface area contributed by atoms with Gasteiger partial charge in [0.25, 0.3) is 11.5 Å². The Kier molecular flexibility index (Phi) is 7.80. The van der Waals surface area contributed by atoms with Crippen molar-refractivity contribution in [2.75, 3.05) is 13.1 Å². The van der Waals surface area contributed by atoms with Crippen molar-refractivity contribution in [3.8, 4) is 23.1 Å². The van der Waals surface area contributed by atoms with Gasteiger partial charge >= 0.3 is 0 Å². The molecule has 4 heterocycles. The smallest absolute Gasteiger partial charge is 0.275 e. The predicted molar refractivity (Wildman–Crippen MR) is 153 cm³/mol. The summed E-state index contributed by atoms with van der Waals surface area (Å²) in [5.74, 6) is -1.35. The van der Waals surface area contributed by atoms with E-state index < -0.39 is 23.2 Å². The number of carbonyl (C=O) groups is 1. The molecule has 1 N–H and O–H groups in total. The van der Waals surface area contributed by atoms with E-state index in [0.717, 1.165) is 22.3 Å². The molecule has 4 aromatic rings. The van der Waals surface area contributed by atoms with E-state index in [2.05, 4.69) is 9.97 Å². The number of amides is 1. The van der Waals surface area contributed by atoms with E-state index >= 15 is 0 Å². The Hall–Kier alpha value is -3.92. The Balaban J connectivity index is 1.65. The van der Waals surface area contributed by atoms with E-state index in [1.54, 1.807) is 6.07 Å². The first-order chi connectivity index (χ1) is 19.2. The van der Waals surface area contributed by atoms with E-state index in [0.29, 0.717) is 49.4 Å². The number of carbonyl (C=O) groups excluding carboxylic acids is 1. The lowest BCUT2D eigenvalue weighted by Crippen LogP contribution is -2.36. The zero-order valence-corrected chi connectivity index (χ0v) is 23.8. The number of nitrogens with zero attached hydrogens (tertiary/aromatic N) is 5. The minimum Gasteiger partial charge on any atom is -0.493 e. The van der Waals surface area contributed by atoms with Crippen LogP contribution in [-0.2, 0) is 12.8 Å². The van der Waals surface area contributed by atoms with Crippen molar-refractivity contribution in [2.45, 2.75) is 58.8 Å². The number of likely N-dealkylation sites (tertiary alicyclic amines) is 1. The van der Waals surface area contributed by atoms with Gasteiger partial charge < -0.3 is 10.0 Å². The molecule has 0 aliphatic carbocycles. The second-order valence-corrected chi connectivity index (χ2v) is 11.2. The van der Waals surface area contributed by atoms with Crippen molar-refractivity contribution in [1.29, 1.82) is 0 Å². The summed E-state index contributed by atoms with van der Waals surface area (Å²) in [5.41, 5.74) is 2.67. The van der Waals surface area contributed by atoms with Crippen molar-refractivity contribution in [3.63, 3.8) is 0 Å². The summed E-state index contributed by atoms with van der Waals surface area (Å²) in [6.45, 7) is 8.77. The lowest BCUT2D eigenvalue weighted by molar-refractivity contribution is 0.0784. The molecule has 0 saturated carbocycles. The number of thiazole rings is 1. The fraction of sp³-hybridized carbons (Fsp3) is 0.367. The zero-order valence-electron chi connectivity index (χ0n) is 23.0. The molecule has 1 atom stereocenters. The third-order valence-corrected chi connectivity index (χ3v) is 8.50. The monoisotopic (exact) mass is 561 g/mol. The van der Waals surface area contributed by atoms with Crippen molar-refractivity contribution >= 4 is 17.2 Å². The molecule has 1 amide bonds. The first-order valence-electron chi connectivity index (χ1n) is 13.6. The highest BCUT2D eigenvalue weighted by Crippen LogP contribution is 2.32. The van der Waals surface area contributed by atoms with Gasteiger partial charge in [0.1, 0.15) is 11.5 Å². The number of pyridine rings is 1. The van der Waals surface area contributed by atoms with Crippen LogP contribution < -0.4 is 5.56 Å². The molecule has 40 heavy (non-hydrogen) atoms. The number of aromatic hydroxyl groups is 1. The van der Waals surface area contributed by atoms with Gasteiger partial charge in [0.2, 0.25) is 5.88 Å². The largest absolute Gasteiger partial charge is 0.493 e. The maximum Gasteiger partial charge on any atom is 0.275 e. The van der Waals surface area contributed by atoms with E-state index in [1.807, 2.05) is 51.3 Å². The van der Waals surface area contributed by atoms with E-state index in [-0.39, 0.29) is 23.2 Å². The first-order valence-corrected chi connectivity index (χ1v) is 14.4. The molecule has 0 spiro atoms. The summed E-state index contributed by atoms with van der Waals surface area (Å²) < 4.78 is 14.8. The van der Waals surface area contributed by atoms with Crippen molar-refractivity contribution in [3.05, 3.63) is 85.5 Å². The number of hydrogen-bond donors (Lipinski definition) is 1. The van der Waals surface area contributed by atoms with Gasteiger partial charge in [0, 0.05) is 36.0 Å². The molecule has 1 unspecified atom stereocenters. The Morgan fingerprint density at radius 3 is 2.48 bits per heavy atom. The highest BCUT2D eigenvalue weighted by atomic mass is 32.1. The van der Waals surface area contributed by atoms with E-state index in [1.165, 1.54) is 26.9 Å². The first kappa shape index (κ1) is 27.6. The third-order valence-electron chi connectivity index (χ3n) is 7.36. The summed E-state index contributed by atoms with van der Waals surface area (Å²) in [6, 6.07) is 8.84. The van der Waals surface area contributed by atoms with Gasteiger partial charge in [0.15, 0.2) is 11.4 Å². The molecule has 0 bridgehead atoms. The van der Waals surface area contributed by atoms with Gasteiger partial charge in [-0.3, -0.25) is 19.1 Å². The van der Waals surface area contributed by atoms with Crippen LogP contribution in [-0.4, -0.2) is 48.5 Å².